The van der Waals surface area contributed by atoms with Gasteiger partial charge in [0.25, 0.3) is 0 Å². The fourth-order valence-electron chi connectivity index (χ4n) is 2.47. The molecule has 0 radical (unpaired) electrons. The van der Waals surface area contributed by atoms with Crippen LogP contribution in [0.4, 0.5) is 10.5 Å². The number of hydrogen-bond donors (Lipinski definition) is 2. The van der Waals surface area contributed by atoms with Crippen molar-refractivity contribution in [3.63, 3.8) is 0 Å². The highest BCUT2D eigenvalue weighted by molar-refractivity contribution is 5.96. The van der Waals surface area contributed by atoms with Gasteiger partial charge in [-0.05, 0) is 31.2 Å². The standard InChI is InChI=1S/C19H22N2O5/c1-12(22)13-6-5-7-15(10-13)21-19(23)20-11-14-8-9-16(24-2)18(26-4)17(14)25-3/h5-10H,11H2,1-4H3,(H2,20,21,23). The predicted octanol–water partition coefficient (Wildman–Crippen LogP) is 3.24. The fourth-order valence-corrected chi connectivity index (χ4v) is 2.47. The molecule has 7 heteroatoms. The number of carbonyl (C=O) groups excluding carboxylic acids is 2. The van der Waals surface area contributed by atoms with Gasteiger partial charge in [0.15, 0.2) is 17.3 Å². The summed E-state index contributed by atoms with van der Waals surface area (Å²) in [7, 11) is 4.58. The van der Waals surface area contributed by atoms with Crippen LogP contribution in [0.2, 0.25) is 0 Å². The maximum Gasteiger partial charge on any atom is 0.319 e. The molecular formula is C19H22N2O5. The minimum absolute atomic E-state index is 0.0656. The van der Waals surface area contributed by atoms with E-state index in [2.05, 4.69) is 10.6 Å². The van der Waals surface area contributed by atoms with E-state index in [4.69, 9.17) is 14.2 Å². The van der Waals surface area contributed by atoms with E-state index in [0.717, 1.165) is 5.56 Å². The molecule has 2 N–H and O–H groups in total. The average molecular weight is 358 g/mol. The maximum atomic E-state index is 12.1. The number of hydrogen-bond acceptors (Lipinski definition) is 5. The molecule has 0 aliphatic heterocycles. The van der Waals surface area contributed by atoms with Crippen LogP contribution in [0.1, 0.15) is 22.8 Å². The third kappa shape index (κ3) is 4.44. The van der Waals surface area contributed by atoms with Crippen molar-refractivity contribution in [3.8, 4) is 17.2 Å². The van der Waals surface area contributed by atoms with Gasteiger partial charge >= 0.3 is 6.03 Å². The van der Waals surface area contributed by atoms with Crippen LogP contribution < -0.4 is 24.8 Å². The van der Waals surface area contributed by atoms with Gasteiger partial charge in [-0.1, -0.05) is 12.1 Å². The van der Waals surface area contributed by atoms with E-state index in [9.17, 15) is 9.59 Å². The Morgan fingerprint density at radius 1 is 0.962 bits per heavy atom. The number of nitrogens with one attached hydrogen (secondary N) is 2. The van der Waals surface area contributed by atoms with Gasteiger partial charge in [0.1, 0.15) is 0 Å². The zero-order valence-corrected chi connectivity index (χ0v) is 15.2. The SMILES string of the molecule is COc1ccc(CNC(=O)Nc2cccc(C(C)=O)c2)c(OC)c1OC. The van der Waals surface area contributed by atoms with Crippen LogP contribution in [0.25, 0.3) is 0 Å². The molecule has 0 atom stereocenters. The van der Waals surface area contributed by atoms with Crippen molar-refractivity contribution in [2.75, 3.05) is 26.6 Å². The molecule has 2 aromatic rings. The number of carbonyl (C=O) groups is 2. The summed E-state index contributed by atoms with van der Waals surface area (Å²) < 4.78 is 16.0. The molecule has 0 aliphatic carbocycles. The first kappa shape index (κ1) is 19.1. The van der Waals surface area contributed by atoms with E-state index in [0.29, 0.717) is 28.5 Å². The molecule has 0 aromatic heterocycles. The summed E-state index contributed by atoms with van der Waals surface area (Å²) >= 11 is 0. The normalized spacial score (nSPS) is 10.0. The molecule has 0 aliphatic rings. The first-order chi connectivity index (χ1) is 12.5. The van der Waals surface area contributed by atoms with Crippen LogP contribution in [0.15, 0.2) is 36.4 Å². The van der Waals surface area contributed by atoms with E-state index in [1.807, 2.05) is 0 Å². The fraction of sp³-hybridized carbons (Fsp3) is 0.263. The van der Waals surface area contributed by atoms with Crippen LogP contribution >= 0.6 is 0 Å². The number of amides is 2. The molecule has 0 heterocycles. The third-order valence-electron chi connectivity index (χ3n) is 3.75. The summed E-state index contributed by atoms with van der Waals surface area (Å²) in [6.07, 6.45) is 0. The lowest BCUT2D eigenvalue weighted by atomic mass is 10.1. The van der Waals surface area contributed by atoms with Crippen molar-refractivity contribution in [3.05, 3.63) is 47.5 Å². The molecule has 0 saturated heterocycles. The largest absolute Gasteiger partial charge is 0.493 e. The molecule has 2 amide bonds. The molecule has 26 heavy (non-hydrogen) atoms. The first-order valence-electron chi connectivity index (χ1n) is 7.93. The Morgan fingerprint density at radius 3 is 2.31 bits per heavy atom. The van der Waals surface area contributed by atoms with Crippen LogP contribution in [0.5, 0.6) is 17.2 Å². The summed E-state index contributed by atoms with van der Waals surface area (Å²) in [6.45, 7) is 1.70. The van der Waals surface area contributed by atoms with Crippen molar-refractivity contribution in [2.45, 2.75) is 13.5 Å². The Morgan fingerprint density at radius 2 is 1.69 bits per heavy atom. The lowest BCUT2D eigenvalue weighted by Gasteiger charge is -2.16. The molecule has 0 fully saturated rings. The van der Waals surface area contributed by atoms with Crippen LogP contribution in [0.3, 0.4) is 0 Å². The summed E-state index contributed by atoms with van der Waals surface area (Å²) in [4.78, 5) is 23.6. The first-order valence-corrected chi connectivity index (χ1v) is 7.93. The second-order valence-electron chi connectivity index (χ2n) is 5.44. The molecule has 0 saturated carbocycles. The number of ketones is 1. The van der Waals surface area contributed by atoms with Gasteiger partial charge in [0.05, 0.1) is 21.3 Å². The Bertz CT molecular complexity index is 805. The molecule has 138 valence electrons. The monoisotopic (exact) mass is 358 g/mol. The van der Waals surface area contributed by atoms with Gasteiger partial charge in [0, 0.05) is 23.4 Å². The van der Waals surface area contributed by atoms with Crippen LogP contribution in [0, 0.1) is 0 Å². The number of rotatable bonds is 7. The lowest BCUT2D eigenvalue weighted by Crippen LogP contribution is -2.28. The van der Waals surface area contributed by atoms with E-state index in [-0.39, 0.29) is 12.3 Å². The molecule has 2 rings (SSSR count). The van der Waals surface area contributed by atoms with Gasteiger partial charge < -0.3 is 24.8 Å². The predicted molar refractivity (Wildman–Crippen MR) is 98.4 cm³/mol. The van der Waals surface area contributed by atoms with Crippen molar-refractivity contribution < 1.29 is 23.8 Å². The summed E-state index contributed by atoms with van der Waals surface area (Å²) in [5, 5.41) is 5.45. The van der Waals surface area contributed by atoms with E-state index >= 15 is 0 Å². The van der Waals surface area contributed by atoms with E-state index in [1.54, 1.807) is 36.4 Å². The number of benzene rings is 2. The Hall–Kier alpha value is -3.22. The van der Waals surface area contributed by atoms with Crippen molar-refractivity contribution in [1.29, 1.82) is 0 Å². The zero-order valence-electron chi connectivity index (χ0n) is 15.2. The van der Waals surface area contributed by atoms with E-state index in [1.165, 1.54) is 28.3 Å². The van der Waals surface area contributed by atoms with Gasteiger partial charge in [-0.3, -0.25) is 4.79 Å². The number of Topliss-reactive ketones (excluding diaryl/α,β-unsaturated/α-hetero) is 1. The van der Waals surface area contributed by atoms with Crippen LogP contribution in [-0.4, -0.2) is 33.1 Å². The average Bonchev–Trinajstić information content (AvgIpc) is 2.65. The van der Waals surface area contributed by atoms with Gasteiger partial charge in [-0.2, -0.15) is 0 Å². The van der Waals surface area contributed by atoms with Gasteiger partial charge in [0.2, 0.25) is 5.75 Å². The Labute approximate surface area is 152 Å². The summed E-state index contributed by atoms with van der Waals surface area (Å²) in [6, 6.07) is 9.87. The van der Waals surface area contributed by atoms with Crippen molar-refractivity contribution in [1.82, 2.24) is 5.32 Å². The molecule has 0 unspecified atom stereocenters. The Kier molecular flexibility index (Phi) is 6.43. The minimum atomic E-state index is -0.400. The number of urea groups is 1. The van der Waals surface area contributed by atoms with Gasteiger partial charge in [-0.15, -0.1) is 0 Å². The second-order valence-corrected chi connectivity index (χ2v) is 5.44. The highest BCUT2D eigenvalue weighted by Crippen LogP contribution is 2.39. The van der Waals surface area contributed by atoms with Crippen molar-refractivity contribution in [2.24, 2.45) is 0 Å². The summed E-state index contributed by atoms with van der Waals surface area (Å²) in [5.41, 5.74) is 1.80. The molecule has 0 spiro atoms. The number of anilines is 1. The maximum absolute atomic E-state index is 12.1. The van der Waals surface area contributed by atoms with E-state index < -0.39 is 6.03 Å². The zero-order chi connectivity index (χ0) is 19.1. The molecular weight excluding hydrogens is 336 g/mol. The number of methoxy groups -OCH3 is 3. The lowest BCUT2D eigenvalue weighted by molar-refractivity contribution is 0.101. The minimum Gasteiger partial charge on any atom is -0.493 e. The third-order valence-corrected chi connectivity index (χ3v) is 3.75. The second kappa shape index (κ2) is 8.75. The van der Waals surface area contributed by atoms with Crippen molar-refractivity contribution >= 4 is 17.5 Å². The molecule has 0 bridgehead atoms. The summed E-state index contributed by atoms with van der Waals surface area (Å²) in [5.74, 6) is 1.43. The Balaban J connectivity index is 2.08. The number of ether oxygens (including phenoxy) is 3. The van der Waals surface area contributed by atoms with Crippen LogP contribution in [-0.2, 0) is 6.54 Å². The molecule has 2 aromatic carbocycles. The smallest absolute Gasteiger partial charge is 0.319 e. The van der Waals surface area contributed by atoms with Gasteiger partial charge in [-0.25, -0.2) is 4.79 Å². The highest BCUT2D eigenvalue weighted by Gasteiger charge is 2.16. The topological polar surface area (TPSA) is 85.9 Å². The highest BCUT2D eigenvalue weighted by atomic mass is 16.5. The molecule has 7 nitrogen and oxygen atoms in total. The quantitative estimate of drug-likeness (QED) is 0.742.